The first-order valence-corrected chi connectivity index (χ1v) is 12.1. The fourth-order valence-corrected chi connectivity index (χ4v) is 5.39. The largest absolute Gasteiger partial charge is 0.416 e. The predicted molar refractivity (Wildman–Crippen MR) is 120 cm³/mol. The van der Waals surface area contributed by atoms with E-state index in [4.69, 9.17) is 5.26 Å². The Morgan fingerprint density at radius 2 is 1.82 bits per heavy atom. The van der Waals surface area contributed by atoms with Gasteiger partial charge in [0.1, 0.15) is 0 Å². The molecule has 1 amide bonds. The molecule has 0 aromatic heterocycles. The molecule has 0 aliphatic carbocycles. The summed E-state index contributed by atoms with van der Waals surface area (Å²) in [4.78, 5) is 14.3. The van der Waals surface area contributed by atoms with Crippen molar-refractivity contribution < 1.29 is 26.4 Å². The Labute approximate surface area is 197 Å². The van der Waals surface area contributed by atoms with Gasteiger partial charge in [-0.25, -0.2) is 8.42 Å². The second-order valence-corrected chi connectivity index (χ2v) is 9.96. The molecule has 6 nitrogen and oxygen atoms in total. The molecular formula is C24H24F3N3O3S. The quantitative estimate of drug-likeness (QED) is 0.544. The van der Waals surface area contributed by atoms with Gasteiger partial charge in [0.15, 0.2) is 0 Å². The van der Waals surface area contributed by atoms with Crippen LogP contribution < -0.4 is 0 Å². The van der Waals surface area contributed by atoms with Gasteiger partial charge in [0.2, 0.25) is 15.9 Å². The molecule has 2 aromatic rings. The highest BCUT2D eigenvalue weighted by Crippen LogP contribution is 2.32. The van der Waals surface area contributed by atoms with Crippen LogP contribution in [0.5, 0.6) is 0 Å². The molecule has 1 fully saturated rings. The molecule has 0 radical (unpaired) electrons. The van der Waals surface area contributed by atoms with Crippen LogP contribution in [-0.2, 0) is 27.5 Å². The summed E-state index contributed by atoms with van der Waals surface area (Å²) < 4.78 is 65.9. The van der Waals surface area contributed by atoms with Gasteiger partial charge in [-0.2, -0.15) is 22.7 Å². The number of carbonyl (C=O) groups excluding carboxylic acids is 1. The summed E-state index contributed by atoms with van der Waals surface area (Å²) in [5.74, 6) is -0.549. The maximum Gasteiger partial charge on any atom is 0.416 e. The molecule has 3 rings (SSSR count). The SMILES string of the molecule is C=CCN(Cc1ccc(C#N)cc1)C(=O)C1CCN(S(=O)(=O)c2cccc(C(F)(F)F)c2)CC1. The number of sulfonamides is 1. The van der Waals surface area contributed by atoms with Crippen molar-refractivity contribution in [3.8, 4) is 6.07 Å². The topological polar surface area (TPSA) is 81.5 Å². The van der Waals surface area contributed by atoms with E-state index in [9.17, 15) is 26.4 Å². The molecule has 0 bridgehead atoms. The van der Waals surface area contributed by atoms with Crippen molar-refractivity contribution >= 4 is 15.9 Å². The minimum atomic E-state index is -4.64. The van der Waals surface area contributed by atoms with Crippen LogP contribution >= 0.6 is 0 Å². The van der Waals surface area contributed by atoms with Crippen molar-refractivity contribution in [3.05, 3.63) is 77.9 Å². The molecule has 10 heteroatoms. The second kappa shape index (κ2) is 10.4. The summed E-state index contributed by atoms with van der Waals surface area (Å²) in [6.45, 7) is 4.39. The molecule has 1 saturated heterocycles. The first-order chi connectivity index (χ1) is 16.1. The van der Waals surface area contributed by atoms with Crippen molar-refractivity contribution in [2.75, 3.05) is 19.6 Å². The number of halogens is 3. The minimum Gasteiger partial charge on any atom is -0.334 e. The van der Waals surface area contributed by atoms with Crippen molar-refractivity contribution in [3.63, 3.8) is 0 Å². The van der Waals surface area contributed by atoms with Gasteiger partial charge < -0.3 is 4.90 Å². The van der Waals surface area contributed by atoms with E-state index >= 15 is 0 Å². The van der Waals surface area contributed by atoms with Gasteiger partial charge in [-0.3, -0.25) is 4.79 Å². The third-order valence-corrected chi connectivity index (χ3v) is 7.61. The first-order valence-electron chi connectivity index (χ1n) is 10.6. The van der Waals surface area contributed by atoms with E-state index in [0.717, 1.165) is 28.1 Å². The third-order valence-electron chi connectivity index (χ3n) is 5.72. The number of alkyl halides is 3. The van der Waals surface area contributed by atoms with Crippen molar-refractivity contribution in [2.45, 2.75) is 30.5 Å². The molecule has 0 spiro atoms. The number of piperidine rings is 1. The van der Waals surface area contributed by atoms with Crippen molar-refractivity contribution in [1.29, 1.82) is 5.26 Å². The number of carbonyl (C=O) groups is 1. The lowest BCUT2D eigenvalue weighted by molar-refractivity contribution is -0.138. The van der Waals surface area contributed by atoms with Crippen LogP contribution in [0.1, 0.15) is 29.5 Å². The van der Waals surface area contributed by atoms with Crippen molar-refractivity contribution in [2.24, 2.45) is 5.92 Å². The number of nitrogens with zero attached hydrogens (tertiary/aromatic N) is 3. The van der Waals surface area contributed by atoms with E-state index in [2.05, 4.69) is 6.58 Å². The van der Waals surface area contributed by atoms with Crippen LogP contribution in [0.15, 0.2) is 66.1 Å². The van der Waals surface area contributed by atoms with Gasteiger partial charge in [-0.05, 0) is 48.7 Å². The normalized spacial score (nSPS) is 15.5. The number of amides is 1. The Morgan fingerprint density at radius 1 is 1.18 bits per heavy atom. The lowest BCUT2D eigenvalue weighted by Gasteiger charge is -2.33. The fraction of sp³-hybridized carbons (Fsp3) is 0.333. The smallest absolute Gasteiger partial charge is 0.334 e. The highest BCUT2D eigenvalue weighted by molar-refractivity contribution is 7.89. The highest BCUT2D eigenvalue weighted by Gasteiger charge is 2.36. The maximum absolute atomic E-state index is 13.1. The summed E-state index contributed by atoms with van der Waals surface area (Å²) in [5, 5.41) is 8.93. The molecule has 34 heavy (non-hydrogen) atoms. The van der Waals surface area contributed by atoms with Gasteiger partial charge in [0.05, 0.1) is 22.1 Å². The number of nitriles is 1. The van der Waals surface area contributed by atoms with E-state index in [-0.39, 0.29) is 31.8 Å². The monoisotopic (exact) mass is 491 g/mol. The number of benzene rings is 2. The predicted octanol–water partition coefficient (Wildman–Crippen LogP) is 4.19. The van der Waals surface area contributed by atoms with Crippen LogP contribution in [0.4, 0.5) is 13.2 Å². The third kappa shape index (κ3) is 5.85. The molecule has 0 unspecified atom stereocenters. The van der Waals surface area contributed by atoms with Gasteiger partial charge >= 0.3 is 6.18 Å². The average Bonchev–Trinajstić information content (AvgIpc) is 2.83. The molecular weight excluding hydrogens is 467 g/mol. The van der Waals surface area contributed by atoms with Crippen LogP contribution in [0.3, 0.4) is 0 Å². The van der Waals surface area contributed by atoms with Gasteiger partial charge in [-0.15, -0.1) is 6.58 Å². The van der Waals surface area contributed by atoms with E-state index in [1.807, 2.05) is 6.07 Å². The maximum atomic E-state index is 13.1. The summed E-state index contributed by atoms with van der Waals surface area (Å²) in [7, 11) is -4.11. The van der Waals surface area contributed by atoms with E-state index in [0.29, 0.717) is 24.7 Å². The highest BCUT2D eigenvalue weighted by atomic mass is 32.2. The molecule has 2 aromatic carbocycles. The molecule has 1 aliphatic rings. The summed E-state index contributed by atoms with van der Waals surface area (Å²) in [6, 6.07) is 12.6. The summed E-state index contributed by atoms with van der Waals surface area (Å²) >= 11 is 0. The van der Waals surface area contributed by atoms with Gasteiger partial charge in [0.25, 0.3) is 0 Å². The Kier molecular flexibility index (Phi) is 7.79. The van der Waals surface area contributed by atoms with Crippen LogP contribution in [0.2, 0.25) is 0 Å². The van der Waals surface area contributed by atoms with Crippen LogP contribution in [0, 0.1) is 17.2 Å². The van der Waals surface area contributed by atoms with Crippen LogP contribution in [-0.4, -0.2) is 43.2 Å². The Hall–Kier alpha value is -3.16. The van der Waals surface area contributed by atoms with E-state index in [1.54, 1.807) is 35.2 Å². The molecule has 0 saturated carbocycles. The van der Waals surface area contributed by atoms with E-state index in [1.165, 1.54) is 0 Å². The lowest BCUT2D eigenvalue weighted by atomic mass is 9.96. The number of hydrogen-bond acceptors (Lipinski definition) is 4. The van der Waals surface area contributed by atoms with E-state index < -0.39 is 32.6 Å². The number of rotatable bonds is 7. The fourth-order valence-electron chi connectivity index (χ4n) is 3.88. The zero-order valence-electron chi connectivity index (χ0n) is 18.3. The second-order valence-electron chi connectivity index (χ2n) is 8.02. The summed E-state index contributed by atoms with van der Waals surface area (Å²) in [6.07, 6.45) is -2.51. The standard InChI is InChI=1S/C24H24F3N3O3S/c1-2-12-29(17-19-8-6-18(16-28)7-9-19)23(31)20-10-13-30(14-11-20)34(32,33)22-5-3-4-21(15-22)24(25,26)27/h2-9,15,20H,1,10-14,17H2. The average molecular weight is 492 g/mol. The van der Waals surface area contributed by atoms with Crippen molar-refractivity contribution in [1.82, 2.24) is 9.21 Å². The molecule has 1 aliphatic heterocycles. The minimum absolute atomic E-state index is 0.0355. The lowest BCUT2D eigenvalue weighted by Crippen LogP contribution is -2.44. The first kappa shape index (κ1) is 25.5. The summed E-state index contributed by atoms with van der Waals surface area (Å²) in [5.41, 5.74) is 0.333. The van der Waals surface area contributed by atoms with Crippen LogP contribution in [0.25, 0.3) is 0 Å². The Balaban J connectivity index is 1.68. The number of hydrogen-bond donors (Lipinski definition) is 0. The van der Waals surface area contributed by atoms with Gasteiger partial charge in [0, 0.05) is 32.1 Å². The molecule has 1 heterocycles. The molecule has 180 valence electrons. The zero-order valence-corrected chi connectivity index (χ0v) is 19.1. The zero-order chi connectivity index (χ0) is 24.9. The Bertz CT molecular complexity index is 1180. The molecule has 0 N–H and O–H groups in total. The Morgan fingerprint density at radius 3 is 2.38 bits per heavy atom. The van der Waals surface area contributed by atoms with Gasteiger partial charge in [-0.1, -0.05) is 24.3 Å². The molecule has 0 atom stereocenters.